The molecule has 1 aromatic rings. The summed E-state index contributed by atoms with van der Waals surface area (Å²) < 4.78 is 19.0. The van der Waals surface area contributed by atoms with Crippen LogP contribution < -0.4 is 15.0 Å². The SMILES string of the molecule is C=CN(C(=O)NC(C)=O)c1cnc(OC2(C)C=CC=C(F)C2)nc1. The molecule has 2 rings (SSSR count). The van der Waals surface area contributed by atoms with Crippen LogP contribution in [0.1, 0.15) is 20.3 Å². The molecule has 0 bridgehead atoms. The molecule has 0 radical (unpaired) electrons. The van der Waals surface area contributed by atoms with Gasteiger partial charge in [0.25, 0.3) is 0 Å². The summed E-state index contributed by atoms with van der Waals surface area (Å²) in [5.74, 6) is -0.796. The van der Waals surface area contributed by atoms with Crippen LogP contribution in [0.4, 0.5) is 14.9 Å². The van der Waals surface area contributed by atoms with Crippen molar-refractivity contribution in [3.05, 3.63) is 49.2 Å². The van der Waals surface area contributed by atoms with Gasteiger partial charge in [-0.2, -0.15) is 0 Å². The molecule has 0 spiro atoms. The highest BCUT2D eigenvalue weighted by atomic mass is 19.1. The van der Waals surface area contributed by atoms with Crippen molar-refractivity contribution in [3.63, 3.8) is 0 Å². The number of halogens is 1. The van der Waals surface area contributed by atoms with Crippen molar-refractivity contribution in [1.29, 1.82) is 0 Å². The minimum absolute atomic E-state index is 0.0385. The van der Waals surface area contributed by atoms with E-state index in [0.717, 1.165) is 4.90 Å². The Morgan fingerprint density at radius 3 is 2.67 bits per heavy atom. The van der Waals surface area contributed by atoms with Gasteiger partial charge in [0, 0.05) is 19.5 Å². The Bertz CT molecular complexity index is 715. The van der Waals surface area contributed by atoms with Crippen LogP contribution in [-0.2, 0) is 4.79 Å². The fourth-order valence-corrected chi connectivity index (χ4v) is 2.09. The van der Waals surface area contributed by atoms with E-state index in [1.54, 1.807) is 19.1 Å². The van der Waals surface area contributed by atoms with Crippen LogP contribution in [-0.4, -0.2) is 27.5 Å². The molecule has 0 saturated heterocycles. The summed E-state index contributed by atoms with van der Waals surface area (Å²) in [6, 6.07) is -0.638. The highest BCUT2D eigenvalue weighted by molar-refractivity contribution is 6.02. The zero-order valence-corrected chi connectivity index (χ0v) is 13.3. The van der Waals surface area contributed by atoms with Crippen molar-refractivity contribution in [1.82, 2.24) is 15.3 Å². The number of imide groups is 1. The van der Waals surface area contributed by atoms with Gasteiger partial charge in [0.2, 0.25) is 5.91 Å². The molecule has 1 aromatic heterocycles. The zero-order valence-electron chi connectivity index (χ0n) is 13.3. The second kappa shape index (κ2) is 7.03. The third-order valence-corrected chi connectivity index (χ3v) is 3.15. The number of amides is 3. The first-order chi connectivity index (χ1) is 11.3. The number of rotatable bonds is 4. The lowest BCUT2D eigenvalue weighted by atomic mass is 9.97. The molecule has 8 heteroatoms. The third-order valence-electron chi connectivity index (χ3n) is 3.15. The van der Waals surface area contributed by atoms with Crippen LogP contribution in [0.25, 0.3) is 0 Å². The summed E-state index contributed by atoms with van der Waals surface area (Å²) in [4.78, 5) is 31.9. The molecule has 1 aliphatic carbocycles. The zero-order chi connectivity index (χ0) is 17.7. The second-order valence-corrected chi connectivity index (χ2v) is 5.33. The van der Waals surface area contributed by atoms with E-state index in [9.17, 15) is 14.0 Å². The average molecular weight is 332 g/mol. The Labute approximate surface area is 138 Å². The maximum Gasteiger partial charge on any atom is 0.332 e. The number of urea groups is 1. The van der Waals surface area contributed by atoms with Crippen LogP contribution in [0.3, 0.4) is 0 Å². The molecule has 0 aromatic carbocycles. The van der Waals surface area contributed by atoms with E-state index in [4.69, 9.17) is 4.74 Å². The maximum atomic E-state index is 13.4. The van der Waals surface area contributed by atoms with Crippen molar-refractivity contribution >= 4 is 17.6 Å². The lowest BCUT2D eigenvalue weighted by molar-refractivity contribution is -0.117. The molecule has 0 fully saturated rings. The van der Waals surface area contributed by atoms with E-state index >= 15 is 0 Å². The second-order valence-electron chi connectivity index (χ2n) is 5.33. The van der Waals surface area contributed by atoms with E-state index in [0.29, 0.717) is 5.69 Å². The predicted molar refractivity (Wildman–Crippen MR) is 85.9 cm³/mol. The summed E-state index contributed by atoms with van der Waals surface area (Å²) in [6.45, 7) is 6.44. The monoisotopic (exact) mass is 332 g/mol. The summed E-state index contributed by atoms with van der Waals surface area (Å²) in [6.07, 6.45) is 8.63. The lowest BCUT2D eigenvalue weighted by Gasteiger charge is -2.27. The maximum absolute atomic E-state index is 13.4. The first kappa shape index (κ1) is 17.3. The van der Waals surface area contributed by atoms with E-state index in [2.05, 4.69) is 21.9 Å². The molecule has 1 heterocycles. The number of allylic oxidation sites excluding steroid dienone is 2. The van der Waals surface area contributed by atoms with Crippen molar-refractivity contribution in [2.45, 2.75) is 25.9 Å². The van der Waals surface area contributed by atoms with E-state index in [1.807, 2.05) is 0 Å². The summed E-state index contributed by atoms with van der Waals surface area (Å²) in [5, 5.41) is 2.12. The molecule has 126 valence electrons. The standard InChI is InChI=1S/C16H17FN4O3/c1-4-21(15(23)20-11(2)22)13-9-18-14(19-10-13)24-16(3)7-5-6-12(17)8-16/h4-7,9-10H,1,8H2,2-3H3,(H,20,22,23). The van der Waals surface area contributed by atoms with Crippen molar-refractivity contribution in [3.8, 4) is 6.01 Å². The van der Waals surface area contributed by atoms with Gasteiger partial charge < -0.3 is 4.74 Å². The molecule has 3 amide bonds. The summed E-state index contributed by atoms with van der Waals surface area (Å²) in [5.41, 5.74) is -0.587. The Balaban J connectivity index is 2.11. The third kappa shape index (κ3) is 4.25. The highest BCUT2D eigenvalue weighted by Gasteiger charge is 2.28. The first-order valence-corrected chi connectivity index (χ1v) is 7.11. The van der Waals surface area contributed by atoms with E-state index < -0.39 is 17.5 Å². The smallest absolute Gasteiger partial charge is 0.332 e. The van der Waals surface area contributed by atoms with Gasteiger partial charge in [-0.25, -0.2) is 19.2 Å². The molecule has 1 aliphatic rings. The van der Waals surface area contributed by atoms with Crippen molar-refractivity contribution in [2.75, 3.05) is 4.90 Å². The number of carbonyl (C=O) groups excluding carboxylic acids is 2. The molecule has 1 atom stereocenters. The lowest BCUT2D eigenvalue weighted by Crippen LogP contribution is -2.39. The van der Waals surface area contributed by atoms with Gasteiger partial charge in [0.05, 0.1) is 18.1 Å². The summed E-state index contributed by atoms with van der Waals surface area (Å²) in [7, 11) is 0. The minimum Gasteiger partial charge on any atom is -0.452 e. The van der Waals surface area contributed by atoms with Gasteiger partial charge in [0.1, 0.15) is 11.4 Å². The van der Waals surface area contributed by atoms with Crippen LogP contribution in [0.15, 0.2) is 49.2 Å². The largest absolute Gasteiger partial charge is 0.452 e. The highest BCUT2D eigenvalue weighted by Crippen LogP contribution is 2.28. The molecule has 7 nitrogen and oxygen atoms in total. The number of nitrogens with one attached hydrogen (secondary N) is 1. The summed E-state index contributed by atoms with van der Waals surface area (Å²) >= 11 is 0. The van der Waals surface area contributed by atoms with Crippen molar-refractivity contribution < 1.29 is 18.7 Å². The Hall–Kier alpha value is -3.03. The van der Waals surface area contributed by atoms with Crippen LogP contribution in [0.5, 0.6) is 6.01 Å². The van der Waals surface area contributed by atoms with Gasteiger partial charge in [0.15, 0.2) is 0 Å². The molecule has 0 saturated carbocycles. The molecule has 1 N–H and O–H groups in total. The normalized spacial score (nSPS) is 19.2. The van der Waals surface area contributed by atoms with E-state index in [-0.39, 0.29) is 18.3 Å². The van der Waals surface area contributed by atoms with Crippen LogP contribution in [0, 0.1) is 0 Å². The van der Waals surface area contributed by atoms with Crippen LogP contribution in [0.2, 0.25) is 0 Å². The van der Waals surface area contributed by atoms with Gasteiger partial charge in [-0.1, -0.05) is 12.7 Å². The topological polar surface area (TPSA) is 84.4 Å². The Morgan fingerprint density at radius 2 is 2.12 bits per heavy atom. The van der Waals surface area contributed by atoms with E-state index in [1.165, 1.54) is 31.6 Å². The molecule has 24 heavy (non-hydrogen) atoms. The minimum atomic E-state index is -0.884. The number of nitrogens with zero attached hydrogens (tertiary/aromatic N) is 3. The number of carbonyl (C=O) groups is 2. The number of anilines is 1. The Morgan fingerprint density at radius 1 is 1.46 bits per heavy atom. The fraction of sp³-hybridized carbons (Fsp3) is 0.250. The van der Waals surface area contributed by atoms with Crippen LogP contribution >= 0.6 is 0 Å². The molecule has 0 aliphatic heterocycles. The fourth-order valence-electron chi connectivity index (χ4n) is 2.09. The first-order valence-electron chi connectivity index (χ1n) is 7.11. The molecular formula is C16H17FN4O3. The van der Waals surface area contributed by atoms with Gasteiger partial charge in [-0.15, -0.1) is 0 Å². The Kier molecular flexibility index (Phi) is 5.08. The number of hydrogen-bond acceptors (Lipinski definition) is 5. The molecular weight excluding hydrogens is 315 g/mol. The average Bonchev–Trinajstić information content (AvgIpc) is 2.48. The number of ether oxygens (including phenoxy) is 1. The van der Waals surface area contributed by atoms with Gasteiger partial charge in [-0.05, 0) is 19.1 Å². The number of aromatic nitrogens is 2. The van der Waals surface area contributed by atoms with Gasteiger partial charge in [-0.3, -0.25) is 15.0 Å². The molecule has 1 unspecified atom stereocenters. The van der Waals surface area contributed by atoms with Gasteiger partial charge >= 0.3 is 12.0 Å². The van der Waals surface area contributed by atoms with Crippen molar-refractivity contribution in [2.24, 2.45) is 0 Å². The number of hydrogen-bond donors (Lipinski definition) is 1. The quantitative estimate of drug-likeness (QED) is 0.916. The predicted octanol–water partition coefficient (Wildman–Crippen LogP) is 2.63.